The maximum atomic E-state index is 9.73. The average molecular weight is 331 g/mol. The number of nitrogens with one attached hydrogen (secondary N) is 1. The van der Waals surface area contributed by atoms with E-state index in [4.69, 9.17) is 0 Å². The van der Waals surface area contributed by atoms with Gasteiger partial charge in [0.05, 0.1) is 5.57 Å². The Bertz CT molecular complexity index is 983. The van der Waals surface area contributed by atoms with Crippen molar-refractivity contribution < 1.29 is 0 Å². The van der Waals surface area contributed by atoms with Crippen LogP contribution in [0.2, 0.25) is 0 Å². The molecule has 5 heteroatoms. The number of nitriles is 1. The highest BCUT2D eigenvalue weighted by atomic mass is 15.3. The summed E-state index contributed by atoms with van der Waals surface area (Å²) >= 11 is 0. The summed E-state index contributed by atoms with van der Waals surface area (Å²) in [7, 11) is 0. The van der Waals surface area contributed by atoms with Crippen LogP contribution in [0.15, 0.2) is 24.4 Å². The quantitative estimate of drug-likeness (QED) is 0.734. The lowest BCUT2D eigenvalue weighted by Crippen LogP contribution is -2.05. The first-order valence-corrected chi connectivity index (χ1v) is 8.95. The van der Waals surface area contributed by atoms with E-state index < -0.39 is 0 Å². The van der Waals surface area contributed by atoms with Crippen LogP contribution in [-0.4, -0.2) is 19.7 Å². The van der Waals surface area contributed by atoms with Crippen molar-refractivity contribution in [1.29, 1.82) is 5.26 Å². The minimum absolute atomic E-state index is 0.573. The third-order valence-corrected chi connectivity index (χ3v) is 4.99. The normalized spacial score (nSPS) is 15.0. The lowest BCUT2D eigenvalue weighted by Gasteiger charge is -2.05. The van der Waals surface area contributed by atoms with Crippen molar-refractivity contribution >= 4 is 22.6 Å². The lowest BCUT2D eigenvalue weighted by molar-refractivity contribution is 0.627. The van der Waals surface area contributed by atoms with Crippen LogP contribution in [0.4, 0.5) is 0 Å². The largest absolute Gasteiger partial charge is 0.360 e. The Balaban J connectivity index is 1.80. The van der Waals surface area contributed by atoms with Crippen LogP contribution < -0.4 is 0 Å². The molecule has 4 rings (SSSR count). The molecule has 5 nitrogen and oxygen atoms in total. The Hall–Kier alpha value is -2.87. The Morgan fingerprint density at radius 2 is 2.24 bits per heavy atom. The Morgan fingerprint density at radius 1 is 1.32 bits per heavy atom. The van der Waals surface area contributed by atoms with Gasteiger partial charge in [-0.2, -0.15) is 5.26 Å². The molecule has 0 amide bonds. The molecule has 1 aliphatic rings. The van der Waals surface area contributed by atoms with Crippen LogP contribution in [0, 0.1) is 11.3 Å². The number of hydrogen-bond donors (Lipinski definition) is 1. The molecule has 0 aliphatic carbocycles. The smallest absolute Gasteiger partial charge is 0.174 e. The van der Waals surface area contributed by atoms with Crippen molar-refractivity contribution in [3.05, 3.63) is 47.2 Å². The minimum atomic E-state index is 0.573. The summed E-state index contributed by atoms with van der Waals surface area (Å²) in [5.74, 6) is 1.70. The van der Waals surface area contributed by atoms with Gasteiger partial charge in [0, 0.05) is 35.6 Å². The molecule has 0 spiro atoms. The highest BCUT2D eigenvalue weighted by Gasteiger charge is 2.18. The summed E-state index contributed by atoms with van der Waals surface area (Å²) in [6.07, 6.45) is 9.29. The summed E-state index contributed by atoms with van der Waals surface area (Å²) in [6.45, 7) is 3.04. The van der Waals surface area contributed by atoms with E-state index in [-0.39, 0.29) is 0 Å². The van der Waals surface area contributed by atoms with Gasteiger partial charge in [-0.15, -0.1) is 10.2 Å². The van der Waals surface area contributed by atoms with Crippen LogP contribution in [0.3, 0.4) is 0 Å². The molecule has 0 atom stereocenters. The fraction of sp³-hybridized carbons (Fsp3) is 0.350. The fourth-order valence-corrected chi connectivity index (χ4v) is 3.64. The molecule has 0 bridgehead atoms. The number of para-hydroxylation sites is 1. The van der Waals surface area contributed by atoms with E-state index in [1.807, 2.05) is 12.3 Å². The molecule has 25 heavy (non-hydrogen) atoms. The van der Waals surface area contributed by atoms with Gasteiger partial charge < -0.3 is 9.55 Å². The summed E-state index contributed by atoms with van der Waals surface area (Å²) < 4.78 is 2.12. The second-order valence-electron chi connectivity index (χ2n) is 6.51. The van der Waals surface area contributed by atoms with Crippen LogP contribution in [0.1, 0.15) is 49.0 Å². The average Bonchev–Trinajstić information content (AvgIpc) is 3.16. The van der Waals surface area contributed by atoms with Crippen LogP contribution in [-0.2, 0) is 19.4 Å². The van der Waals surface area contributed by atoms with Gasteiger partial charge in [-0.1, -0.05) is 31.5 Å². The Morgan fingerprint density at radius 3 is 3.08 bits per heavy atom. The molecule has 1 aromatic carbocycles. The topological polar surface area (TPSA) is 70.3 Å². The van der Waals surface area contributed by atoms with E-state index in [9.17, 15) is 5.26 Å². The second kappa shape index (κ2) is 6.56. The molecule has 0 saturated carbocycles. The van der Waals surface area contributed by atoms with Crippen molar-refractivity contribution in [2.24, 2.45) is 0 Å². The van der Waals surface area contributed by atoms with Crippen LogP contribution >= 0.6 is 0 Å². The number of fused-ring (bicyclic) bond motifs is 2. The standard InChI is InChI=1S/C20H21N5/c1-2-14-7-6-8-17-16(13-22-19(14)17)11-15(12-21)20-24-23-18-9-4-3-5-10-25(18)20/h6-8,11,13,22H,2-5,9-10H2,1H3/b15-11+. The number of nitrogens with zero attached hydrogens (tertiary/aromatic N) is 4. The summed E-state index contributed by atoms with van der Waals surface area (Å²) in [5, 5.41) is 19.5. The number of H-pyrrole nitrogens is 1. The van der Waals surface area contributed by atoms with E-state index in [0.29, 0.717) is 11.4 Å². The number of aryl methyl sites for hydroxylation is 2. The maximum Gasteiger partial charge on any atom is 0.174 e. The van der Waals surface area contributed by atoms with E-state index >= 15 is 0 Å². The molecule has 0 unspecified atom stereocenters. The molecule has 0 radical (unpaired) electrons. The molecule has 1 aliphatic heterocycles. The molecule has 1 N–H and O–H groups in total. The third-order valence-electron chi connectivity index (χ3n) is 4.99. The van der Waals surface area contributed by atoms with Crippen molar-refractivity contribution in [3.63, 3.8) is 0 Å². The second-order valence-corrected chi connectivity index (χ2v) is 6.51. The van der Waals surface area contributed by atoms with Gasteiger partial charge in [-0.25, -0.2) is 0 Å². The first-order valence-electron chi connectivity index (χ1n) is 8.95. The Labute approximate surface area is 147 Å². The molecule has 126 valence electrons. The van der Waals surface area contributed by atoms with E-state index in [1.54, 1.807) is 0 Å². The first kappa shape index (κ1) is 15.6. The van der Waals surface area contributed by atoms with Crippen molar-refractivity contribution in [2.45, 2.75) is 45.6 Å². The highest BCUT2D eigenvalue weighted by Crippen LogP contribution is 2.27. The fourth-order valence-electron chi connectivity index (χ4n) is 3.64. The molecular formula is C20H21N5. The predicted molar refractivity (Wildman–Crippen MR) is 98.7 cm³/mol. The number of aromatic nitrogens is 4. The van der Waals surface area contributed by atoms with Gasteiger partial charge in [-0.05, 0) is 30.9 Å². The number of aromatic amines is 1. The monoisotopic (exact) mass is 331 g/mol. The number of benzene rings is 1. The zero-order valence-corrected chi connectivity index (χ0v) is 14.4. The highest BCUT2D eigenvalue weighted by molar-refractivity contribution is 5.97. The van der Waals surface area contributed by atoms with Crippen molar-refractivity contribution in [3.8, 4) is 6.07 Å². The molecule has 3 heterocycles. The van der Waals surface area contributed by atoms with Gasteiger partial charge in [-0.3, -0.25) is 0 Å². The predicted octanol–water partition coefficient (Wildman–Crippen LogP) is 4.11. The maximum absolute atomic E-state index is 9.73. The molecular weight excluding hydrogens is 310 g/mol. The van der Waals surface area contributed by atoms with Crippen molar-refractivity contribution in [1.82, 2.24) is 19.7 Å². The molecule has 2 aromatic heterocycles. The number of hydrogen-bond acceptors (Lipinski definition) is 3. The van der Waals surface area contributed by atoms with Gasteiger partial charge in [0.2, 0.25) is 0 Å². The Kier molecular flexibility index (Phi) is 4.10. The number of allylic oxidation sites excluding steroid dienone is 1. The van der Waals surface area contributed by atoms with E-state index in [1.165, 1.54) is 12.0 Å². The number of rotatable bonds is 3. The summed E-state index contributed by atoms with van der Waals surface area (Å²) in [4.78, 5) is 3.36. The van der Waals surface area contributed by atoms with Gasteiger partial charge in [0.15, 0.2) is 5.82 Å². The lowest BCUT2D eigenvalue weighted by atomic mass is 10.1. The molecule has 3 aromatic rings. The minimum Gasteiger partial charge on any atom is -0.360 e. The molecule has 0 saturated heterocycles. The van der Waals surface area contributed by atoms with Crippen LogP contribution in [0.25, 0.3) is 22.6 Å². The zero-order chi connectivity index (χ0) is 17.2. The van der Waals surface area contributed by atoms with Crippen molar-refractivity contribution in [2.75, 3.05) is 0 Å². The summed E-state index contributed by atoms with van der Waals surface area (Å²) in [6, 6.07) is 8.63. The zero-order valence-electron chi connectivity index (χ0n) is 14.4. The molecule has 0 fully saturated rings. The van der Waals surface area contributed by atoms with E-state index in [2.05, 4.69) is 50.9 Å². The third kappa shape index (κ3) is 2.74. The van der Waals surface area contributed by atoms with E-state index in [0.717, 1.165) is 54.5 Å². The van der Waals surface area contributed by atoms with Gasteiger partial charge in [0.25, 0.3) is 0 Å². The van der Waals surface area contributed by atoms with Gasteiger partial charge in [0.1, 0.15) is 11.9 Å². The summed E-state index contributed by atoms with van der Waals surface area (Å²) in [5.41, 5.74) is 4.02. The first-order chi connectivity index (χ1) is 12.3. The van der Waals surface area contributed by atoms with Crippen LogP contribution in [0.5, 0.6) is 0 Å². The SMILES string of the molecule is CCc1cccc2c(/C=C(\C#N)c3nnc4n3CCCCC4)c[nH]c12. The van der Waals surface area contributed by atoms with Gasteiger partial charge >= 0.3 is 0 Å².